The second-order valence-electron chi connectivity index (χ2n) is 5.84. The molecule has 0 atom stereocenters. The van der Waals surface area contributed by atoms with Gasteiger partial charge in [0.15, 0.2) is 11.5 Å². The molecule has 0 radical (unpaired) electrons. The SMILES string of the molecule is CNS(=O)(=O)c1ccc(NC(=O)c2cc(Cl)c(OC(C)C)c(OC)c2)cc1. The summed E-state index contributed by atoms with van der Waals surface area (Å²) in [6.07, 6.45) is -0.108. The van der Waals surface area contributed by atoms with Gasteiger partial charge in [-0.05, 0) is 57.3 Å². The van der Waals surface area contributed by atoms with Crippen LogP contribution in [-0.2, 0) is 10.0 Å². The van der Waals surface area contributed by atoms with Crippen molar-refractivity contribution in [2.45, 2.75) is 24.8 Å². The standard InChI is InChI=1S/C18H21ClN2O5S/c1-11(2)26-17-15(19)9-12(10-16(17)25-4)18(22)21-13-5-7-14(8-6-13)27(23,24)20-3/h5-11,20H,1-4H3,(H,21,22). The molecule has 0 aliphatic carbocycles. The molecule has 0 bridgehead atoms. The van der Waals surface area contributed by atoms with Gasteiger partial charge in [0.25, 0.3) is 5.91 Å². The van der Waals surface area contributed by atoms with Crippen molar-refractivity contribution in [1.82, 2.24) is 4.72 Å². The number of sulfonamides is 1. The zero-order valence-electron chi connectivity index (χ0n) is 15.4. The Morgan fingerprint density at radius 3 is 2.30 bits per heavy atom. The Labute approximate surface area is 163 Å². The number of halogens is 1. The quantitative estimate of drug-likeness (QED) is 0.727. The van der Waals surface area contributed by atoms with Crippen molar-refractivity contribution in [3.8, 4) is 11.5 Å². The lowest BCUT2D eigenvalue weighted by atomic mass is 10.1. The molecule has 0 saturated heterocycles. The Balaban J connectivity index is 2.24. The molecule has 1 amide bonds. The van der Waals surface area contributed by atoms with E-state index in [1.807, 2.05) is 13.8 Å². The van der Waals surface area contributed by atoms with E-state index in [0.29, 0.717) is 17.2 Å². The van der Waals surface area contributed by atoms with Gasteiger partial charge in [-0.1, -0.05) is 11.6 Å². The molecule has 0 spiro atoms. The number of hydrogen-bond donors (Lipinski definition) is 2. The first-order valence-electron chi connectivity index (χ1n) is 8.07. The monoisotopic (exact) mass is 412 g/mol. The third kappa shape index (κ3) is 5.12. The van der Waals surface area contributed by atoms with Gasteiger partial charge in [-0.3, -0.25) is 4.79 Å². The lowest BCUT2D eigenvalue weighted by Crippen LogP contribution is -2.18. The number of anilines is 1. The Morgan fingerprint density at radius 2 is 1.78 bits per heavy atom. The van der Waals surface area contributed by atoms with Gasteiger partial charge in [-0.15, -0.1) is 0 Å². The third-order valence-corrected chi connectivity index (χ3v) is 5.25. The molecule has 7 nitrogen and oxygen atoms in total. The van der Waals surface area contributed by atoms with E-state index in [1.54, 1.807) is 0 Å². The molecule has 0 aliphatic heterocycles. The van der Waals surface area contributed by atoms with Crippen LogP contribution in [0.1, 0.15) is 24.2 Å². The van der Waals surface area contributed by atoms with E-state index in [0.717, 1.165) is 0 Å². The summed E-state index contributed by atoms with van der Waals surface area (Å²) in [6.45, 7) is 3.71. The second kappa shape index (κ2) is 8.60. The van der Waals surface area contributed by atoms with E-state index in [4.69, 9.17) is 21.1 Å². The van der Waals surface area contributed by atoms with Crippen LogP contribution < -0.4 is 19.5 Å². The number of carbonyl (C=O) groups is 1. The highest BCUT2D eigenvalue weighted by atomic mass is 35.5. The van der Waals surface area contributed by atoms with Gasteiger partial charge in [-0.25, -0.2) is 13.1 Å². The van der Waals surface area contributed by atoms with Crippen LogP contribution >= 0.6 is 11.6 Å². The first-order chi connectivity index (χ1) is 12.7. The molecule has 0 saturated carbocycles. The third-order valence-electron chi connectivity index (χ3n) is 3.54. The molecule has 146 valence electrons. The average Bonchev–Trinajstić information content (AvgIpc) is 2.63. The summed E-state index contributed by atoms with van der Waals surface area (Å²) in [4.78, 5) is 12.6. The first kappa shape index (κ1) is 21.0. The van der Waals surface area contributed by atoms with Crippen molar-refractivity contribution >= 4 is 33.2 Å². The zero-order chi connectivity index (χ0) is 20.2. The van der Waals surface area contributed by atoms with Crippen LogP contribution in [-0.4, -0.2) is 34.6 Å². The number of benzene rings is 2. The number of nitrogens with one attached hydrogen (secondary N) is 2. The van der Waals surface area contributed by atoms with Gasteiger partial charge in [0, 0.05) is 11.3 Å². The maximum absolute atomic E-state index is 12.5. The van der Waals surface area contributed by atoms with Crippen LogP contribution in [0.5, 0.6) is 11.5 Å². The predicted octanol–water partition coefficient (Wildman–Crippen LogP) is 3.30. The van der Waals surface area contributed by atoms with Crippen LogP contribution in [0.2, 0.25) is 5.02 Å². The van der Waals surface area contributed by atoms with Crippen molar-refractivity contribution in [1.29, 1.82) is 0 Å². The van der Waals surface area contributed by atoms with Crippen LogP contribution in [0.3, 0.4) is 0 Å². The van der Waals surface area contributed by atoms with Crippen molar-refractivity contribution in [2.75, 3.05) is 19.5 Å². The van der Waals surface area contributed by atoms with E-state index < -0.39 is 15.9 Å². The summed E-state index contributed by atoms with van der Waals surface area (Å²) in [5, 5.41) is 2.94. The smallest absolute Gasteiger partial charge is 0.255 e. The normalized spacial score (nSPS) is 11.3. The van der Waals surface area contributed by atoms with E-state index in [9.17, 15) is 13.2 Å². The van der Waals surface area contributed by atoms with E-state index in [-0.39, 0.29) is 21.6 Å². The Kier molecular flexibility index (Phi) is 6.69. The van der Waals surface area contributed by atoms with Gasteiger partial charge >= 0.3 is 0 Å². The predicted molar refractivity (Wildman–Crippen MR) is 104 cm³/mol. The van der Waals surface area contributed by atoms with Crippen LogP contribution in [0.25, 0.3) is 0 Å². The maximum atomic E-state index is 12.5. The summed E-state index contributed by atoms with van der Waals surface area (Å²) in [6, 6.07) is 8.80. The molecule has 0 unspecified atom stereocenters. The minimum Gasteiger partial charge on any atom is -0.493 e. The summed E-state index contributed by atoms with van der Waals surface area (Å²) in [5.74, 6) is 0.291. The van der Waals surface area contributed by atoms with E-state index in [1.165, 1.54) is 50.6 Å². The lowest BCUT2D eigenvalue weighted by Gasteiger charge is -2.16. The summed E-state index contributed by atoms with van der Waals surface area (Å²) in [7, 11) is -0.748. The molecule has 9 heteroatoms. The fourth-order valence-electron chi connectivity index (χ4n) is 2.24. The van der Waals surface area contributed by atoms with Crippen LogP contribution in [0.15, 0.2) is 41.3 Å². The second-order valence-corrected chi connectivity index (χ2v) is 8.14. The number of ether oxygens (including phenoxy) is 2. The van der Waals surface area contributed by atoms with Crippen molar-refractivity contribution in [3.63, 3.8) is 0 Å². The molecule has 0 aliphatic rings. The maximum Gasteiger partial charge on any atom is 0.255 e. The van der Waals surface area contributed by atoms with Gasteiger partial charge in [0.2, 0.25) is 10.0 Å². The van der Waals surface area contributed by atoms with Gasteiger partial charge in [0.1, 0.15) is 0 Å². The Hall–Kier alpha value is -2.29. The number of hydrogen-bond acceptors (Lipinski definition) is 5. The van der Waals surface area contributed by atoms with Gasteiger partial charge in [-0.2, -0.15) is 0 Å². The lowest BCUT2D eigenvalue weighted by molar-refractivity contribution is 0.102. The van der Waals surface area contributed by atoms with Gasteiger partial charge < -0.3 is 14.8 Å². The van der Waals surface area contributed by atoms with Crippen molar-refractivity contribution in [2.24, 2.45) is 0 Å². The summed E-state index contributed by atoms with van der Waals surface area (Å²) in [5.41, 5.74) is 0.715. The highest BCUT2D eigenvalue weighted by molar-refractivity contribution is 7.89. The molecular weight excluding hydrogens is 392 g/mol. The van der Waals surface area contributed by atoms with Crippen molar-refractivity contribution < 1.29 is 22.7 Å². The molecule has 0 fully saturated rings. The van der Waals surface area contributed by atoms with Crippen LogP contribution in [0.4, 0.5) is 5.69 Å². The fourth-order valence-corrected chi connectivity index (χ4v) is 3.22. The zero-order valence-corrected chi connectivity index (χ0v) is 16.9. The summed E-state index contributed by atoms with van der Waals surface area (Å²) >= 11 is 6.23. The largest absolute Gasteiger partial charge is 0.493 e. The first-order valence-corrected chi connectivity index (χ1v) is 9.93. The van der Waals surface area contributed by atoms with Crippen molar-refractivity contribution in [3.05, 3.63) is 47.0 Å². The highest BCUT2D eigenvalue weighted by Crippen LogP contribution is 2.37. The molecule has 2 N–H and O–H groups in total. The topological polar surface area (TPSA) is 93.7 Å². The average molecular weight is 413 g/mol. The summed E-state index contributed by atoms with van der Waals surface area (Å²) < 4.78 is 36.6. The van der Waals surface area contributed by atoms with E-state index in [2.05, 4.69) is 10.0 Å². The molecule has 0 aromatic heterocycles. The highest BCUT2D eigenvalue weighted by Gasteiger charge is 2.17. The number of methoxy groups -OCH3 is 1. The Bertz CT molecular complexity index is 928. The minimum atomic E-state index is -3.54. The minimum absolute atomic E-state index is 0.0999. The van der Waals surface area contributed by atoms with Crippen LogP contribution in [0, 0.1) is 0 Å². The molecule has 2 aromatic rings. The number of rotatable bonds is 7. The molecule has 27 heavy (non-hydrogen) atoms. The molecular formula is C18H21ClN2O5S. The molecule has 2 rings (SSSR count). The van der Waals surface area contributed by atoms with Gasteiger partial charge in [0.05, 0.1) is 23.1 Å². The molecule has 2 aromatic carbocycles. The van der Waals surface area contributed by atoms with E-state index >= 15 is 0 Å². The number of amides is 1. The Morgan fingerprint density at radius 1 is 1.15 bits per heavy atom. The fraction of sp³-hybridized carbons (Fsp3) is 0.278. The number of carbonyl (C=O) groups excluding carboxylic acids is 1. The molecule has 0 heterocycles.